The Labute approximate surface area is 458 Å². The minimum absolute atomic E-state index is 0.0719. The number of ether oxygens (including phenoxy) is 3. The van der Waals surface area contributed by atoms with Crippen LogP contribution in [0.15, 0.2) is 194 Å². The number of esters is 3. The molecule has 6 heteroatoms. The molecule has 0 radical (unpaired) electrons. The molecule has 414 valence electrons. The lowest BCUT2D eigenvalue weighted by atomic mass is 10.1. The van der Waals surface area contributed by atoms with Crippen LogP contribution in [0.25, 0.3) is 0 Å². The third-order valence-electron chi connectivity index (χ3n) is 11.1. The summed E-state index contributed by atoms with van der Waals surface area (Å²) in [4.78, 5) is 38.1. The summed E-state index contributed by atoms with van der Waals surface area (Å²) in [6, 6.07) is 0. The van der Waals surface area contributed by atoms with Crippen molar-refractivity contribution in [3.8, 4) is 0 Å². The molecule has 0 saturated carbocycles. The molecule has 0 amide bonds. The normalized spacial score (nSPS) is 13.6. The van der Waals surface area contributed by atoms with E-state index in [9.17, 15) is 14.4 Å². The molecular weight excluding hydrogens is 925 g/mol. The minimum Gasteiger partial charge on any atom is -0.462 e. The van der Waals surface area contributed by atoms with Crippen molar-refractivity contribution in [1.82, 2.24) is 0 Å². The maximum absolute atomic E-state index is 12.8. The molecule has 75 heavy (non-hydrogen) atoms. The van der Waals surface area contributed by atoms with Crippen LogP contribution < -0.4 is 0 Å². The zero-order valence-electron chi connectivity index (χ0n) is 47.2. The van der Waals surface area contributed by atoms with Gasteiger partial charge in [-0.3, -0.25) is 14.4 Å². The number of carbonyl (C=O) groups excluding carboxylic acids is 3. The van der Waals surface area contributed by atoms with Gasteiger partial charge in [0.2, 0.25) is 0 Å². The van der Waals surface area contributed by atoms with Crippen molar-refractivity contribution in [2.45, 2.75) is 207 Å². The fourth-order valence-corrected chi connectivity index (χ4v) is 6.90. The van der Waals surface area contributed by atoms with Gasteiger partial charge in [-0.15, -0.1) is 0 Å². The zero-order valence-corrected chi connectivity index (χ0v) is 47.2. The van der Waals surface area contributed by atoms with E-state index in [4.69, 9.17) is 14.2 Å². The quantitative estimate of drug-likeness (QED) is 0.0261. The molecule has 6 nitrogen and oxygen atoms in total. The molecule has 0 bridgehead atoms. The molecular formula is C69H102O6. The summed E-state index contributed by atoms with van der Waals surface area (Å²) in [5.41, 5.74) is 0. The monoisotopic (exact) mass is 1030 g/mol. The molecule has 0 heterocycles. The second kappa shape index (κ2) is 60.8. The highest BCUT2D eigenvalue weighted by atomic mass is 16.6. The molecule has 0 N–H and O–H groups in total. The summed E-state index contributed by atoms with van der Waals surface area (Å²) in [5, 5.41) is 0. The van der Waals surface area contributed by atoms with E-state index in [0.717, 1.165) is 148 Å². The molecule has 0 aliphatic rings. The first kappa shape index (κ1) is 69.2. The van der Waals surface area contributed by atoms with Crippen molar-refractivity contribution >= 4 is 17.9 Å². The van der Waals surface area contributed by atoms with Gasteiger partial charge in [0, 0.05) is 12.8 Å². The molecule has 0 spiro atoms. The molecule has 0 aliphatic heterocycles. The summed E-state index contributed by atoms with van der Waals surface area (Å²) >= 11 is 0. The van der Waals surface area contributed by atoms with E-state index < -0.39 is 12.1 Å². The number of rotatable bonds is 49. The summed E-state index contributed by atoms with van der Waals surface area (Å²) in [5.74, 6) is -1.16. The van der Waals surface area contributed by atoms with E-state index in [1.807, 2.05) is 6.08 Å². The van der Waals surface area contributed by atoms with E-state index in [-0.39, 0.29) is 38.0 Å². The fraction of sp³-hybridized carbons (Fsp3) is 0.493. The van der Waals surface area contributed by atoms with Crippen LogP contribution in [-0.2, 0) is 28.6 Å². The maximum atomic E-state index is 12.8. The van der Waals surface area contributed by atoms with E-state index in [1.54, 1.807) is 6.08 Å². The molecule has 0 rings (SSSR count). The molecule has 1 atom stereocenters. The Kier molecular flexibility index (Phi) is 56.1. The van der Waals surface area contributed by atoms with E-state index in [0.29, 0.717) is 19.3 Å². The molecule has 0 aromatic heterocycles. The number of hydrogen-bond donors (Lipinski definition) is 0. The van der Waals surface area contributed by atoms with Gasteiger partial charge in [-0.1, -0.05) is 234 Å². The van der Waals surface area contributed by atoms with E-state index in [1.165, 1.54) is 0 Å². The summed E-state index contributed by atoms with van der Waals surface area (Å²) in [7, 11) is 0. The maximum Gasteiger partial charge on any atom is 0.310 e. The van der Waals surface area contributed by atoms with E-state index >= 15 is 0 Å². The minimum atomic E-state index is -0.870. The largest absolute Gasteiger partial charge is 0.462 e. The summed E-state index contributed by atoms with van der Waals surface area (Å²) in [6.45, 7) is 6.13. The van der Waals surface area contributed by atoms with Gasteiger partial charge in [0.1, 0.15) is 13.2 Å². The Morgan fingerprint density at radius 1 is 0.280 bits per heavy atom. The Morgan fingerprint density at radius 2 is 0.520 bits per heavy atom. The summed E-state index contributed by atoms with van der Waals surface area (Å²) < 4.78 is 16.7. The van der Waals surface area contributed by atoms with Gasteiger partial charge in [0.15, 0.2) is 6.10 Å². The Hall–Kier alpha value is -5.75. The van der Waals surface area contributed by atoms with Crippen LogP contribution >= 0.6 is 0 Å². The molecule has 0 aromatic carbocycles. The van der Waals surface area contributed by atoms with Crippen LogP contribution in [0, 0.1) is 0 Å². The predicted octanol–water partition coefficient (Wildman–Crippen LogP) is 19.9. The third kappa shape index (κ3) is 59.0. The third-order valence-corrected chi connectivity index (χ3v) is 11.1. The van der Waals surface area contributed by atoms with E-state index in [2.05, 4.69) is 203 Å². The van der Waals surface area contributed by atoms with Crippen molar-refractivity contribution in [3.05, 3.63) is 194 Å². The second-order valence-electron chi connectivity index (χ2n) is 18.1. The standard InChI is InChI=1S/C69H102O6/c1-4-7-10-13-16-19-22-25-28-29-30-31-32-33-34-35-36-37-38-39-42-44-47-50-53-56-59-62-68(71)74-65-66(75-69(72)63-60-57-54-51-48-45-41-27-24-21-18-15-12-9-6-3)64-73-67(70)61-58-55-52-49-46-43-40-26-23-20-17-14-11-8-5-2/h7-12,16-21,25-28,30-31,33-34,36-37,39-42,47-48,50-51,57,60,66H,4-6,13-15,22-24,29,32,35,38,43-46,49,52-56,58-59,61-65H2,1-3H3/b10-7-,11-8-,12-9-,19-16-,20-17-,21-18-,28-25-,31-30-,34-33-,37-36-,40-26-,41-27-,42-39-,50-47-,51-48-,60-57-. The number of carbonyl (C=O) groups is 3. The topological polar surface area (TPSA) is 78.9 Å². The first-order valence-electron chi connectivity index (χ1n) is 28.9. The second-order valence-corrected chi connectivity index (χ2v) is 18.1. The first-order chi connectivity index (χ1) is 37.0. The van der Waals surface area contributed by atoms with Crippen molar-refractivity contribution in [2.24, 2.45) is 0 Å². The Bertz CT molecular complexity index is 1850. The van der Waals surface area contributed by atoms with Crippen molar-refractivity contribution in [2.75, 3.05) is 13.2 Å². The van der Waals surface area contributed by atoms with Crippen LogP contribution in [0.3, 0.4) is 0 Å². The lowest BCUT2D eigenvalue weighted by Crippen LogP contribution is -2.30. The number of hydrogen-bond acceptors (Lipinski definition) is 6. The van der Waals surface area contributed by atoms with Gasteiger partial charge in [-0.2, -0.15) is 0 Å². The zero-order chi connectivity index (χ0) is 54.3. The smallest absolute Gasteiger partial charge is 0.310 e. The Morgan fingerprint density at radius 3 is 0.840 bits per heavy atom. The molecule has 1 unspecified atom stereocenters. The highest BCUT2D eigenvalue weighted by molar-refractivity contribution is 5.72. The van der Waals surface area contributed by atoms with Gasteiger partial charge in [0.25, 0.3) is 0 Å². The van der Waals surface area contributed by atoms with Gasteiger partial charge in [-0.25, -0.2) is 0 Å². The molecule has 0 fully saturated rings. The highest BCUT2D eigenvalue weighted by Gasteiger charge is 2.19. The molecule has 0 aromatic rings. The Balaban J connectivity index is 4.58. The SMILES string of the molecule is CC/C=C\C/C=C\C/C=C\C/C=C\C/C=C\C/C=C\C/C=C\C/C=C\CCCCC(=O)OCC(COC(=O)CCCCCCC/C=C\C/C=C\C/C=C\CC)OC(=O)C/C=C\C/C=C\C/C=C\C/C=C\C/C=C\CC. The number of unbranched alkanes of at least 4 members (excludes halogenated alkanes) is 7. The molecule has 0 aliphatic carbocycles. The van der Waals surface area contributed by atoms with Crippen LogP contribution in [0.5, 0.6) is 0 Å². The van der Waals surface area contributed by atoms with Gasteiger partial charge in [0.05, 0.1) is 6.42 Å². The van der Waals surface area contributed by atoms with Gasteiger partial charge >= 0.3 is 17.9 Å². The molecule has 0 saturated heterocycles. The lowest BCUT2D eigenvalue weighted by molar-refractivity contribution is -0.166. The van der Waals surface area contributed by atoms with Gasteiger partial charge < -0.3 is 14.2 Å². The van der Waals surface area contributed by atoms with Gasteiger partial charge in [-0.05, 0) is 141 Å². The number of allylic oxidation sites excluding steroid dienone is 31. The average molecular weight is 1030 g/mol. The predicted molar refractivity (Wildman–Crippen MR) is 324 cm³/mol. The van der Waals surface area contributed by atoms with Crippen LogP contribution in [0.1, 0.15) is 201 Å². The van der Waals surface area contributed by atoms with Crippen LogP contribution in [0.2, 0.25) is 0 Å². The average Bonchev–Trinajstić information content (AvgIpc) is 3.41. The van der Waals surface area contributed by atoms with Crippen molar-refractivity contribution in [1.29, 1.82) is 0 Å². The van der Waals surface area contributed by atoms with Crippen LogP contribution in [-0.4, -0.2) is 37.2 Å². The van der Waals surface area contributed by atoms with Crippen molar-refractivity contribution < 1.29 is 28.6 Å². The van der Waals surface area contributed by atoms with Crippen molar-refractivity contribution in [3.63, 3.8) is 0 Å². The highest BCUT2D eigenvalue weighted by Crippen LogP contribution is 2.11. The fourth-order valence-electron chi connectivity index (χ4n) is 6.90. The lowest BCUT2D eigenvalue weighted by Gasteiger charge is -2.18. The summed E-state index contributed by atoms with van der Waals surface area (Å²) in [6.07, 6.45) is 93.1. The van der Waals surface area contributed by atoms with Crippen LogP contribution in [0.4, 0.5) is 0 Å². The first-order valence-corrected chi connectivity index (χ1v) is 28.9.